The van der Waals surface area contributed by atoms with E-state index in [4.69, 9.17) is 11.6 Å². The van der Waals surface area contributed by atoms with Crippen molar-refractivity contribution < 1.29 is 4.79 Å². The maximum Gasteiger partial charge on any atom is 0.226 e. The highest BCUT2D eigenvalue weighted by atomic mass is 35.5. The van der Waals surface area contributed by atoms with E-state index < -0.39 is 0 Å². The van der Waals surface area contributed by atoms with Crippen LogP contribution in [0, 0.1) is 23.7 Å². The number of amides is 1. The number of likely N-dealkylation sites (tertiary alicyclic amines) is 1. The van der Waals surface area contributed by atoms with Crippen molar-refractivity contribution in [2.45, 2.75) is 38.0 Å². The van der Waals surface area contributed by atoms with E-state index in [2.05, 4.69) is 6.92 Å². The third-order valence-corrected chi connectivity index (χ3v) is 5.44. The number of alkyl halides is 1. The zero-order valence-electron chi connectivity index (χ0n) is 9.86. The van der Waals surface area contributed by atoms with Crippen molar-refractivity contribution in [2.75, 3.05) is 13.1 Å². The van der Waals surface area contributed by atoms with Gasteiger partial charge < -0.3 is 4.90 Å². The van der Waals surface area contributed by atoms with Gasteiger partial charge in [-0.05, 0) is 37.0 Å². The molecule has 1 amide bonds. The Morgan fingerprint density at radius 2 is 1.94 bits per heavy atom. The van der Waals surface area contributed by atoms with Crippen LogP contribution in [-0.4, -0.2) is 29.3 Å². The molecule has 0 aromatic carbocycles. The first-order valence-corrected chi connectivity index (χ1v) is 7.05. The molecule has 0 radical (unpaired) electrons. The average molecular weight is 242 g/mol. The molecule has 1 heterocycles. The van der Waals surface area contributed by atoms with E-state index in [1.165, 1.54) is 19.3 Å². The predicted molar refractivity (Wildman–Crippen MR) is 64.3 cm³/mol. The van der Waals surface area contributed by atoms with Crippen molar-refractivity contribution in [2.24, 2.45) is 23.7 Å². The molecule has 2 saturated carbocycles. The van der Waals surface area contributed by atoms with E-state index in [9.17, 15) is 4.79 Å². The van der Waals surface area contributed by atoms with Crippen molar-refractivity contribution in [1.29, 1.82) is 0 Å². The molecule has 0 spiro atoms. The summed E-state index contributed by atoms with van der Waals surface area (Å²) in [4.78, 5) is 14.3. The van der Waals surface area contributed by atoms with Crippen molar-refractivity contribution in [3.05, 3.63) is 0 Å². The molecule has 3 fully saturated rings. The van der Waals surface area contributed by atoms with E-state index in [1.54, 1.807) is 0 Å². The van der Waals surface area contributed by atoms with Crippen LogP contribution in [0.1, 0.15) is 32.6 Å². The average Bonchev–Trinajstić information content (AvgIpc) is 2.74. The lowest BCUT2D eigenvalue weighted by Gasteiger charge is -2.34. The molecule has 0 aromatic rings. The quantitative estimate of drug-likeness (QED) is 0.646. The van der Waals surface area contributed by atoms with Gasteiger partial charge in [-0.15, -0.1) is 11.6 Å². The highest BCUT2D eigenvalue weighted by Crippen LogP contribution is 2.58. The van der Waals surface area contributed by atoms with Crippen LogP contribution in [0.25, 0.3) is 0 Å². The van der Waals surface area contributed by atoms with E-state index >= 15 is 0 Å². The number of carbonyl (C=O) groups excluding carboxylic acids is 1. The molecule has 2 nitrogen and oxygen atoms in total. The Labute approximate surface area is 102 Å². The molecule has 90 valence electrons. The molecule has 4 atom stereocenters. The molecule has 0 N–H and O–H groups in total. The molecular weight excluding hydrogens is 222 g/mol. The van der Waals surface area contributed by atoms with Crippen LogP contribution in [0.5, 0.6) is 0 Å². The smallest absolute Gasteiger partial charge is 0.226 e. The second-order valence-electron chi connectivity index (χ2n) is 5.85. The molecule has 0 bridgehead atoms. The fourth-order valence-corrected chi connectivity index (χ4v) is 3.91. The molecule has 4 unspecified atom stereocenters. The van der Waals surface area contributed by atoms with Gasteiger partial charge in [-0.25, -0.2) is 0 Å². The summed E-state index contributed by atoms with van der Waals surface area (Å²) < 4.78 is 0. The number of piperidine rings is 1. The monoisotopic (exact) mass is 241 g/mol. The Kier molecular flexibility index (Phi) is 2.66. The first kappa shape index (κ1) is 10.9. The minimum absolute atomic E-state index is 0.163. The summed E-state index contributed by atoms with van der Waals surface area (Å²) in [7, 11) is 0. The van der Waals surface area contributed by atoms with Gasteiger partial charge in [-0.1, -0.05) is 13.3 Å². The van der Waals surface area contributed by atoms with Gasteiger partial charge in [-0.3, -0.25) is 4.79 Å². The van der Waals surface area contributed by atoms with E-state index in [-0.39, 0.29) is 5.38 Å². The predicted octanol–water partition coefficient (Wildman–Crippen LogP) is 2.51. The lowest BCUT2D eigenvalue weighted by molar-refractivity contribution is -0.134. The molecule has 2 aliphatic carbocycles. The second kappa shape index (κ2) is 3.90. The van der Waals surface area contributed by atoms with Gasteiger partial charge in [-0.2, -0.15) is 0 Å². The maximum absolute atomic E-state index is 12.3. The molecule has 16 heavy (non-hydrogen) atoms. The number of fused-ring (bicyclic) bond motifs is 1. The van der Waals surface area contributed by atoms with Crippen LogP contribution in [0.2, 0.25) is 0 Å². The number of nitrogens with zero attached hydrogens (tertiary/aromatic N) is 1. The van der Waals surface area contributed by atoms with E-state index in [0.717, 1.165) is 31.3 Å². The zero-order chi connectivity index (χ0) is 11.3. The minimum Gasteiger partial charge on any atom is -0.341 e. The lowest BCUT2D eigenvalue weighted by atomic mass is 9.98. The van der Waals surface area contributed by atoms with Crippen molar-refractivity contribution in [3.8, 4) is 0 Å². The van der Waals surface area contributed by atoms with Gasteiger partial charge in [0.15, 0.2) is 0 Å². The van der Waals surface area contributed by atoms with Crippen molar-refractivity contribution in [1.82, 2.24) is 4.90 Å². The summed E-state index contributed by atoms with van der Waals surface area (Å²) >= 11 is 6.26. The van der Waals surface area contributed by atoms with Gasteiger partial charge in [0.2, 0.25) is 5.91 Å². The fraction of sp³-hybridized carbons (Fsp3) is 0.923. The van der Waals surface area contributed by atoms with Gasteiger partial charge in [0.25, 0.3) is 0 Å². The van der Waals surface area contributed by atoms with Crippen LogP contribution < -0.4 is 0 Å². The van der Waals surface area contributed by atoms with Crippen molar-refractivity contribution >= 4 is 17.5 Å². The van der Waals surface area contributed by atoms with E-state index in [1.807, 2.05) is 4.90 Å². The lowest BCUT2D eigenvalue weighted by Crippen LogP contribution is -2.44. The van der Waals surface area contributed by atoms with Crippen molar-refractivity contribution in [3.63, 3.8) is 0 Å². The van der Waals surface area contributed by atoms with Crippen LogP contribution in [0.3, 0.4) is 0 Å². The Morgan fingerprint density at radius 1 is 1.25 bits per heavy atom. The SMILES string of the molecule is CC1CCN(C(=O)C2C3CCCC32)CC1Cl. The molecular formula is C13H20ClNO. The highest BCUT2D eigenvalue weighted by molar-refractivity contribution is 6.21. The molecule has 1 saturated heterocycles. The molecule has 0 aromatic heterocycles. The summed E-state index contributed by atoms with van der Waals surface area (Å²) in [6.45, 7) is 3.89. The molecule has 1 aliphatic heterocycles. The van der Waals surface area contributed by atoms with Gasteiger partial charge in [0, 0.05) is 19.0 Å². The normalized spacial score (nSPS) is 46.6. The van der Waals surface area contributed by atoms with Gasteiger partial charge in [0.1, 0.15) is 0 Å². The summed E-state index contributed by atoms with van der Waals surface area (Å²) in [5.74, 6) is 2.82. The number of halogens is 1. The molecule has 3 rings (SSSR count). The van der Waals surface area contributed by atoms with Gasteiger partial charge >= 0.3 is 0 Å². The van der Waals surface area contributed by atoms with Crippen LogP contribution in [-0.2, 0) is 4.79 Å². The number of hydrogen-bond donors (Lipinski definition) is 0. The van der Waals surface area contributed by atoms with E-state index in [0.29, 0.717) is 17.7 Å². The van der Waals surface area contributed by atoms with Crippen LogP contribution in [0.4, 0.5) is 0 Å². The Balaban J connectivity index is 1.60. The zero-order valence-corrected chi connectivity index (χ0v) is 10.6. The van der Waals surface area contributed by atoms with Crippen LogP contribution >= 0.6 is 11.6 Å². The Bertz CT molecular complexity index is 296. The first-order valence-electron chi connectivity index (χ1n) is 6.61. The topological polar surface area (TPSA) is 20.3 Å². The van der Waals surface area contributed by atoms with Gasteiger partial charge in [0.05, 0.1) is 5.38 Å². The third kappa shape index (κ3) is 1.66. The number of hydrogen-bond acceptors (Lipinski definition) is 1. The standard InChI is InChI=1S/C13H20ClNO/c1-8-5-6-15(7-11(8)14)13(16)12-9-3-2-4-10(9)12/h8-12H,2-7H2,1H3. The Hall–Kier alpha value is -0.240. The largest absolute Gasteiger partial charge is 0.341 e. The molecule has 3 heteroatoms. The maximum atomic E-state index is 12.3. The summed E-state index contributed by atoms with van der Waals surface area (Å²) in [5, 5.41) is 0.163. The summed E-state index contributed by atoms with van der Waals surface area (Å²) in [6, 6.07) is 0. The minimum atomic E-state index is 0.163. The first-order chi connectivity index (χ1) is 7.68. The molecule has 3 aliphatic rings. The summed E-state index contributed by atoms with van der Waals surface area (Å²) in [5.41, 5.74) is 0. The fourth-order valence-electron chi connectivity index (χ4n) is 3.62. The van der Waals surface area contributed by atoms with Crippen LogP contribution in [0.15, 0.2) is 0 Å². The number of rotatable bonds is 1. The third-order valence-electron chi connectivity index (χ3n) is 4.87. The summed E-state index contributed by atoms with van der Waals surface area (Å²) in [6.07, 6.45) is 4.99. The second-order valence-corrected chi connectivity index (χ2v) is 6.41. The Morgan fingerprint density at radius 3 is 2.56 bits per heavy atom. The highest BCUT2D eigenvalue weighted by Gasteiger charge is 2.57. The number of carbonyl (C=O) groups is 1.